The van der Waals surface area contributed by atoms with Gasteiger partial charge in [0.25, 0.3) is 0 Å². The molecule has 10 heteroatoms. The Morgan fingerprint density at radius 2 is 1.90 bits per heavy atom. The molecule has 4 aromatic rings. The summed E-state index contributed by atoms with van der Waals surface area (Å²) in [4.78, 5) is 0.247. The van der Waals surface area contributed by atoms with Crippen LogP contribution < -0.4 is 9.46 Å². The third-order valence-corrected chi connectivity index (χ3v) is 6.20. The van der Waals surface area contributed by atoms with Crippen molar-refractivity contribution >= 4 is 15.7 Å². The number of rotatable bonds is 7. The molecule has 2 heterocycles. The normalized spacial score (nSPS) is 11.7. The molecule has 1 N–H and O–H groups in total. The first-order valence-electron chi connectivity index (χ1n) is 9.52. The summed E-state index contributed by atoms with van der Waals surface area (Å²) in [7, 11) is -3.65. The van der Waals surface area contributed by atoms with Crippen molar-refractivity contribution in [2.24, 2.45) is 0 Å². The van der Waals surface area contributed by atoms with Crippen molar-refractivity contribution in [1.82, 2.24) is 24.5 Å². The van der Waals surface area contributed by atoms with Crippen LogP contribution in [-0.2, 0) is 10.0 Å². The third kappa shape index (κ3) is 4.54. The second-order valence-electron chi connectivity index (χ2n) is 6.99. The Labute approximate surface area is 178 Å². The van der Waals surface area contributed by atoms with Gasteiger partial charge in [0.05, 0.1) is 4.90 Å². The fourth-order valence-electron chi connectivity index (χ4n) is 3.06. The molecular weight excluding hydrogens is 421 g/mol. The molecule has 2 aromatic heterocycles. The van der Waals surface area contributed by atoms with Crippen LogP contribution in [0, 0.1) is 19.7 Å². The van der Waals surface area contributed by atoms with E-state index in [9.17, 15) is 12.8 Å². The zero-order valence-electron chi connectivity index (χ0n) is 16.9. The predicted molar refractivity (Wildman–Crippen MR) is 113 cm³/mol. The number of hydrogen-bond donors (Lipinski definition) is 1. The van der Waals surface area contributed by atoms with Gasteiger partial charge in [-0.3, -0.25) is 0 Å². The number of aryl methyl sites for hydroxylation is 2. The molecule has 0 fully saturated rings. The van der Waals surface area contributed by atoms with Gasteiger partial charge in [-0.25, -0.2) is 17.5 Å². The first kappa shape index (κ1) is 20.9. The summed E-state index contributed by atoms with van der Waals surface area (Å²) in [6, 6.07) is 14.5. The van der Waals surface area contributed by atoms with Crippen LogP contribution in [0.3, 0.4) is 0 Å². The van der Waals surface area contributed by atoms with E-state index in [1.807, 2.05) is 13.0 Å². The molecule has 0 amide bonds. The Hall–Kier alpha value is -3.37. The maximum atomic E-state index is 13.6. The highest BCUT2D eigenvalue weighted by molar-refractivity contribution is 7.89. The van der Waals surface area contributed by atoms with Gasteiger partial charge in [0.15, 0.2) is 11.5 Å². The molecule has 0 saturated carbocycles. The van der Waals surface area contributed by atoms with Gasteiger partial charge in [0.1, 0.15) is 12.4 Å². The lowest BCUT2D eigenvalue weighted by Crippen LogP contribution is -2.29. The first-order valence-corrected chi connectivity index (χ1v) is 11.0. The molecular formula is C21H20FN5O3S. The molecule has 0 atom stereocenters. The summed E-state index contributed by atoms with van der Waals surface area (Å²) in [6.45, 7) is 3.72. The summed E-state index contributed by atoms with van der Waals surface area (Å²) < 4.78 is 48.2. The quantitative estimate of drug-likeness (QED) is 0.443. The Bertz CT molecular complexity index is 1350. The number of fused-ring (bicyclic) bond motifs is 1. The molecule has 0 saturated heterocycles. The van der Waals surface area contributed by atoms with E-state index in [2.05, 4.69) is 20.0 Å². The van der Waals surface area contributed by atoms with Crippen molar-refractivity contribution in [3.05, 3.63) is 71.5 Å². The Balaban J connectivity index is 1.45. The Kier molecular flexibility index (Phi) is 5.66. The number of benzene rings is 2. The molecule has 4 rings (SSSR count). The number of sulfonamides is 1. The summed E-state index contributed by atoms with van der Waals surface area (Å²) in [5, 5.41) is 12.4. The second-order valence-corrected chi connectivity index (χ2v) is 8.73. The van der Waals surface area contributed by atoms with Crippen LogP contribution in [0.2, 0.25) is 0 Å². The molecule has 2 aromatic carbocycles. The fourth-order valence-corrected chi connectivity index (χ4v) is 4.40. The van der Waals surface area contributed by atoms with E-state index < -0.39 is 15.8 Å². The average molecular weight is 441 g/mol. The lowest BCUT2D eigenvalue weighted by atomic mass is 10.2. The van der Waals surface area contributed by atoms with Crippen LogP contribution in [0.4, 0.5) is 4.39 Å². The lowest BCUT2D eigenvalue weighted by Gasteiger charge is -2.11. The van der Waals surface area contributed by atoms with Gasteiger partial charge >= 0.3 is 0 Å². The minimum atomic E-state index is -3.65. The van der Waals surface area contributed by atoms with Gasteiger partial charge in [-0.15, -0.1) is 15.3 Å². The number of nitrogens with one attached hydrogen (secondary N) is 1. The van der Waals surface area contributed by atoms with Crippen LogP contribution in [0.1, 0.15) is 11.1 Å². The smallest absolute Gasteiger partial charge is 0.240 e. The molecule has 0 aliphatic carbocycles. The maximum Gasteiger partial charge on any atom is 0.240 e. The largest absolute Gasteiger partial charge is 0.475 e. The van der Waals surface area contributed by atoms with E-state index in [0.29, 0.717) is 22.6 Å². The van der Waals surface area contributed by atoms with Gasteiger partial charge < -0.3 is 4.74 Å². The van der Waals surface area contributed by atoms with Crippen molar-refractivity contribution in [2.75, 3.05) is 13.2 Å². The van der Waals surface area contributed by atoms with Gasteiger partial charge in [-0.1, -0.05) is 24.3 Å². The number of ether oxygens (including phenoxy) is 1. The highest BCUT2D eigenvalue weighted by Gasteiger charge is 2.16. The van der Waals surface area contributed by atoms with Gasteiger partial charge in [0, 0.05) is 18.2 Å². The zero-order chi connectivity index (χ0) is 22.0. The molecule has 0 aliphatic heterocycles. The fraction of sp³-hybridized carbons (Fsp3) is 0.190. The van der Waals surface area contributed by atoms with Crippen molar-refractivity contribution in [2.45, 2.75) is 18.7 Å². The molecule has 31 heavy (non-hydrogen) atoms. The third-order valence-electron chi connectivity index (χ3n) is 4.60. The van der Waals surface area contributed by atoms with Crippen LogP contribution >= 0.6 is 0 Å². The lowest BCUT2D eigenvalue weighted by molar-refractivity contribution is 0.306. The average Bonchev–Trinajstić information content (AvgIpc) is 3.16. The summed E-state index contributed by atoms with van der Waals surface area (Å²) in [6.07, 6.45) is 0. The van der Waals surface area contributed by atoms with Crippen LogP contribution in [-0.4, -0.2) is 41.4 Å². The van der Waals surface area contributed by atoms with Gasteiger partial charge in [-0.2, -0.15) is 4.52 Å². The van der Waals surface area contributed by atoms with E-state index in [-0.39, 0.29) is 23.9 Å². The summed E-state index contributed by atoms with van der Waals surface area (Å²) >= 11 is 0. The monoisotopic (exact) mass is 441 g/mol. The minimum absolute atomic E-state index is 0.0639. The topological polar surface area (TPSA) is 98.5 Å². The van der Waals surface area contributed by atoms with E-state index in [0.717, 1.165) is 5.56 Å². The van der Waals surface area contributed by atoms with Crippen molar-refractivity contribution < 1.29 is 17.5 Å². The molecule has 8 nitrogen and oxygen atoms in total. The number of nitrogens with zero attached hydrogens (tertiary/aromatic N) is 4. The first-order chi connectivity index (χ1) is 14.8. The SMILES string of the molecule is Cc1ccc(C)c(S(=O)(=O)NCCOc2ccc3nnc(-c4cccc(F)c4)n3n2)c1. The number of aromatic nitrogens is 4. The van der Waals surface area contributed by atoms with Crippen LogP contribution in [0.5, 0.6) is 5.88 Å². The van der Waals surface area contributed by atoms with Crippen molar-refractivity contribution in [3.63, 3.8) is 0 Å². The molecule has 0 spiro atoms. The minimum Gasteiger partial charge on any atom is -0.475 e. The van der Waals surface area contributed by atoms with E-state index in [1.54, 1.807) is 43.3 Å². The molecule has 160 valence electrons. The van der Waals surface area contributed by atoms with Crippen molar-refractivity contribution in [3.8, 4) is 17.3 Å². The second kappa shape index (κ2) is 8.40. The van der Waals surface area contributed by atoms with E-state index >= 15 is 0 Å². The molecule has 0 unspecified atom stereocenters. The van der Waals surface area contributed by atoms with E-state index in [4.69, 9.17) is 4.74 Å². The van der Waals surface area contributed by atoms with Crippen molar-refractivity contribution in [1.29, 1.82) is 0 Å². The highest BCUT2D eigenvalue weighted by Crippen LogP contribution is 2.20. The predicted octanol–water partition coefficient (Wildman–Crippen LogP) is 2.90. The standard InChI is InChI=1S/C21H20FN5O3S/c1-14-6-7-15(2)18(12-14)31(28,29)23-10-11-30-20-9-8-19-24-25-21(27(19)26-20)16-4-3-5-17(22)13-16/h3-9,12-13,23H,10-11H2,1-2H3. The Morgan fingerprint density at radius 3 is 2.71 bits per heavy atom. The van der Waals surface area contributed by atoms with Gasteiger partial charge in [-0.05, 0) is 49.2 Å². The van der Waals surface area contributed by atoms with Crippen LogP contribution in [0.15, 0.2) is 59.5 Å². The maximum absolute atomic E-state index is 13.6. The van der Waals surface area contributed by atoms with Crippen LogP contribution in [0.25, 0.3) is 17.0 Å². The zero-order valence-corrected chi connectivity index (χ0v) is 17.7. The highest BCUT2D eigenvalue weighted by atomic mass is 32.2. The number of halogens is 1. The summed E-state index contributed by atoms with van der Waals surface area (Å²) in [5.41, 5.74) is 2.53. The molecule has 0 aliphatic rings. The van der Waals surface area contributed by atoms with E-state index in [1.165, 1.54) is 16.6 Å². The Morgan fingerprint density at radius 1 is 1.06 bits per heavy atom. The molecule has 0 radical (unpaired) electrons. The number of hydrogen-bond acceptors (Lipinski definition) is 6. The summed E-state index contributed by atoms with van der Waals surface area (Å²) in [5.74, 6) is 0.240. The van der Waals surface area contributed by atoms with Gasteiger partial charge in [0.2, 0.25) is 15.9 Å². The molecule has 0 bridgehead atoms.